The molecular formula is C20H26Cl3N3O2. The summed E-state index contributed by atoms with van der Waals surface area (Å²) in [5, 5.41) is 3.69. The van der Waals surface area contributed by atoms with Crippen molar-refractivity contribution in [3.63, 3.8) is 0 Å². The second kappa shape index (κ2) is 12.3. The number of rotatable bonds is 6. The molecule has 0 bridgehead atoms. The topological polar surface area (TPSA) is 67.6 Å². The van der Waals surface area contributed by atoms with E-state index in [0.29, 0.717) is 24.8 Å². The minimum absolute atomic E-state index is 0. The zero-order valence-electron chi connectivity index (χ0n) is 15.4. The van der Waals surface area contributed by atoms with Crippen LogP contribution in [-0.2, 0) is 9.53 Å². The Morgan fingerprint density at radius 1 is 1.07 bits per heavy atom. The highest BCUT2D eigenvalue weighted by Gasteiger charge is 2.24. The van der Waals surface area contributed by atoms with E-state index in [2.05, 4.69) is 10.2 Å². The van der Waals surface area contributed by atoms with E-state index >= 15 is 0 Å². The van der Waals surface area contributed by atoms with E-state index in [9.17, 15) is 4.79 Å². The summed E-state index contributed by atoms with van der Waals surface area (Å²) in [6, 6.07) is 16.5. The number of ether oxygens (including phenoxy) is 1. The molecule has 1 amide bonds. The Balaban J connectivity index is 0.00000196. The molecule has 5 nitrogen and oxygen atoms in total. The van der Waals surface area contributed by atoms with Gasteiger partial charge in [-0.05, 0) is 23.3 Å². The number of hydrogen-bond donors (Lipinski definition) is 2. The number of nitrogens with one attached hydrogen (secondary N) is 1. The van der Waals surface area contributed by atoms with Crippen LogP contribution in [-0.4, -0.2) is 43.7 Å². The molecule has 0 saturated carbocycles. The summed E-state index contributed by atoms with van der Waals surface area (Å²) >= 11 is 6.17. The molecule has 8 heteroatoms. The molecule has 3 N–H and O–H groups in total. The minimum Gasteiger partial charge on any atom is -0.379 e. The molecule has 1 saturated heterocycles. The zero-order valence-corrected chi connectivity index (χ0v) is 17.8. The van der Waals surface area contributed by atoms with Crippen LogP contribution in [0.2, 0.25) is 5.02 Å². The SMILES string of the molecule is Cl.Cl.NC(C(=O)NCC(c1cccc(Cl)c1)N1CCOCC1)c1ccccc1. The van der Waals surface area contributed by atoms with Crippen LogP contribution in [0.5, 0.6) is 0 Å². The summed E-state index contributed by atoms with van der Waals surface area (Å²) in [4.78, 5) is 14.8. The van der Waals surface area contributed by atoms with Crippen molar-refractivity contribution < 1.29 is 9.53 Å². The predicted octanol–water partition coefficient (Wildman–Crippen LogP) is 3.37. The zero-order chi connectivity index (χ0) is 18.4. The average molecular weight is 447 g/mol. The fraction of sp³-hybridized carbons (Fsp3) is 0.350. The fourth-order valence-corrected chi connectivity index (χ4v) is 3.38. The van der Waals surface area contributed by atoms with Gasteiger partial charge in [0.2, 0.25) is 5.91 Å². The third kappa shape index (κ3) is 6.62. The Kier molecular flexibility index (Phi) is 10.8. The molecule has 2 aromatic carbocycles. The maximum absolute atomic E-state index is 12.5. The van der Waals surface area contributed by atoms with E-state index in [4.69, 9.17) is 22.1 Å². The lowest BCUT2D eigenvalue weighted by Crippen LogP contribution is -2.45. The highest BCUT2D eigenvalue weighted by atomic mass is 35.5. The number of halogens is 3. The lowest BCUT2D eigenvalue weighted by atomic mass is 10.0. The van der Waals surface area contributed by atoms with Crippen LogP contribution in [0.1, 0.15) is 23.2 Å². The van der Waals surface area contributed by atoms with Gasteiger partial charge < -0.3 is 15.8 Å². The van der Waals surface area contributed by atoms with Gasteiger partial charge in [-0.1, -0.05) is 54.1 Å². The summed E-state index contributed by atoms with van der Waals surface area (Å²) in [5.74, 6) is -0.184. The number of amides is 1. The van der Waals surface area contributed by atoms with Gasteiger partial charge in [-0.15, -0.1) is 24.8 Å². The standard InChI is InChI=1S/C20H24ClN3O2.2ClH/c21-17-8-4-7-16(13-17)18(24-9-11-26-12-10-24)14-23-20(25)19(22)15-5-2-1-3-6-15;;/h1-8,13,18-19H,9-12,14,22H2,(H,23,25);2*1H. The average Bonchev–Trinajstić information content (AvgIpc) is 2.69. The van der Waals surface area contributed by atoms with Crippen LogP contribution >= 0.6 is 36.4 Å². The van der Waals surface area contributed by atoms with Crippen LogP contribution in [0.4, 0.5) is 0 Å². The highest BCUT2D eigenvalue weighted by Crippen LogP contribution is 2.24. The minimum atomic E-state index is -0.680. The molecule has 0 spiro atoms. The van der Waals surface area contributed by atoms with E-state index in [-0.39, 0.29) is 36.8 Å². The summed E-state index contributed by atoms with van der Waals surface area (Å²) < 4.78 is 5.46. The molecule has 1 fully saturated rings. The van der Waals surface area contributed by atoms with E-state index < -0.39 is 6.04 Å². The first kappa shape index (κ1) is 24.7. The lowest BCUT2D eigenvalue weighted by molar-refractivity contribution is -0.122. The smallest absolute Gasteiger partial charge is 0.241 e. The number of benzene rings is 2. The van der Waals surface area contributed by atoms with Crippen molar-refractivity contribution >= 4 is 42.3 Å². The number of carbonyl (C=O) groups is 1. The van der Waals surface area contributed by atoms with Gasteiger partial charge in [-0.25, -0.2) is 0 Å². The molecular weight excluding hydrogens is 421 g/mol. The number of nitrogens with two attached hydrogens (primary N) is 1. The van der Waals surface area contributed by atoms with Crippen LogP contribution in [0.25, 0.3) is 0 Å². The van der Waals surface area contributed by atoms with Crippen LogP contribution in [0.3, 0.4) is 0 Å². The Bertz CT molecular complexity index is 728. The molecule has 0 aliphatic carbocycles. The Hall–Kier alpha value is -1.34. The maximum atomic E-state index is 12.5. The molecule has 28 heavy (non-hydrogen) atoms. The van der Waals surface area contributed by atoms with Crippen molar-refractivity contribution in [1.82, 2.24) is 10.2 Å². The quantitative estimate of drug-likeness (QED) is 0.714. The molecule has 2 atom stereocenters. The molecule has 2 unspecified atom stereocenters. The van der Waals surface area contributed by atoms with Crippen LogP contribution < -0.4 is 11.1 Å². The summed E-state index contributed by atoms with van der Waals surface area (Å²) in [6.07, 6.45) is 0. The van der Waals surface area contributed by atoms with Gasteiger partial charge >= 0.3 is 0 Å². The summed E-state index contributed by atoms with van der Waals surface area (Å²) in [7, 11) is 0. The number of carbonyl (C=O) groups excluding carboxylic acids is 1. The second-order valence-corrected chi connectivity index (χ2v) is 6.79. The molecule has 1 aliphatic rings. The first-order valence-electron chi connectivity index (χ1n) is 8.80. The van der Waals surface area contributed by atoms with E-state index in [1.165, 1.54) is 0 Å². The van der Waals surface area contributed by atoms with Gasteiger partial charge in [-0.3, -0.25) is 9.69 Å². The van der Waals surface area contributed by atoms with E-state index in [1.807, 2.05) is 54.6 Å². The number of nitrogens with zero attached hydrogens (tertiary/aromatic N) is 1. The molecule has 0 aromatic heterocycles. The van der Waals surface area contributed by atoms with Crippen LogP contribution in [0, 0.1) is 0 Å². The molecule has 154 valence electrons. The van der Waals surface area contributed by atoms with Gasteiger partial charge in [0.05, 0.1) is 19.3 Å². The normalized spacial score (nSPS) is 16.2. The largest absolute Gasteiger partial charge is 0.379 e. The Morgan fingerprint density at radius 3 is 2.36 bits per heavy atom. The Morgan fingerprint density at radius 2 is 1.71 bits per heavy atom. The van der Waals surface area contributed by atoms with Crippen molar-refractivity contribution in [1.29, 1.82) is 0 Å². The van der Waals surface area contributed by atoms with Crippen molar-refractivity contribution in [2.45, 2.75) is 12.1 Å². The third-order valence-electron chi connectivity index (χ3n) is 4.63. The third-order valence-corrected chi connectivity index (χ3v) is 4.87. The molecule has 0 radical (unpaired) electrons. The monoisotopic (exact) mass is 445 g/mol. The van der Waals surface area contributed by atoms with Gasteiger partial charge in [-0.2, -0.15) is 0 Å². The molecule has 1 heterocycles. The van der Waals surface area contributed by atoms with Gasteiger partial charge in [0.15, 0.2) is 0 Å². The van der Waals surface area contributed by atoms with Crippen molar-refractivity contribution in [2.75, 3.05) is 32.8 Å². The number of morpholine rings is 1. The fourth-order valence-electron chi connectivity index (χ4n) is 3.18. The first-order chi connectivity index (χ1) is 12.6. The van der Waals surface area contributed by atoms with E-state index in [1.54, 1.807) is 0 Å². The van der Waals surface area contributed by atoms with E-state index in [0.717, 1.165) is 24.2 Å². The summed E-state index contributed by atoms with van der Waals surface area (Å²) in [5.41, 5.74) is 7.98. The highest BCUT2D eigenvalue weighted by molar-refractivity contribution is 6.30. The van der Waals surface area contributed by atoms with Crippen molar-refractivity contribution in [3.05, 3.63) is 70.7 Å². The first-order valence-corrected chi connectivity index (χ1v) is 9.18. The van der Waals surface area contributed by atoms with Crippen molar-refractivity contribution in [3.8, 4) is 0 Å². The molecule has 3 rings (SSSR count). The van der Waals surface area contributed by atoms with Crippen molar-refractivity contribution in [2.24, 2.45) is 5.73 Å². The molecule has 2 aromatic rings. The van der Waals surface area contributed by atoms with Gasteiger partial charge in [0, 0.05) is 24.7 Å². The molecule has 1 aliphatic heterocycles. The lowest BCUT2D eigenvalue weighted by Gasteiger charge is -2.35. The van der Waals surface area contributed by atoms with Crippen LogP contribution in [0.15, 0.2) is 54.6 Å². The Labute approximate surface area is 183 Å². The second-order valence-electron chi connectivity index (χ2n) is 6.35. The predicted molar refractivity (Wildman–Crippen MR) is 117 cm³/mol. The summed E-state index contributed by atoms with van der Waals surface area (Å²) in [6.45, 7) is 3.48. The van der Waals surface area contributed by atoms with Gasteiger partial charge in [0.1, 0.15) is 6.04 Å². The van der Waals surface area contributed by atoms with Gasteiger partial charge in [0.25, 0.3) is 0 Å². The maximum Gasteiger partial charge on any atom is 0.241 e. The number of hydrogen-bond acceptors (Lipinski definition) is 4.